The highest BCUT2D eigenvalue weighted by Crippen LogP contribution is 2.24. The van der Waals surface area contributed by atoms with Crippen molar-refractivity contribution in [2.45, 2.75) is 39.0 Å². The third-order valence-electron chi connectivity index (χ3n) is 3.27. The van der Waals surface area contributed by atoms with Gasteiger partial charge >= 0.3 is 0 Å². The average Bonchev–Trinajstić information content (AvgIpc) is 2.42. The molecule has 1 saturated heterocycles. The van der Waals surface area contributed by atoms with Crippen LogP contribution >= 0.6 is 22.6 Å². The zero-order valence-corrected chi connectivity index (χ0v) is 13.3. The van der Waals surface area contributed by atoms with Crippen molar-refractivity contribution in [1.82, 2.24) is 9.97 Å². The van der Waals surface area contributed by atoms with E-state index < -0.39 is 0 Å². The highest BCUT2D eigenvalue weighted by atomic mass is 127. The van der Waals surface area contributed by atoms with Gasteiger partial charge in [0.25, 0.3) is 0 Å². The topological polar surface area (TPSA) is 41.1 Å². The molecule has 0 saturated carbocycles. The van der Waals surface area contributed by atoms with Gasteiger partial charge in [-0.1, -0.05) is 13.3 Å². The van der Waals surface area contributed by atoms with Gasteiger partial charge in [-0.15, -0.1) is 0 Å². The summed E-state index contributed by atoms with van der Waals surface area (Å²) in [7, 11) is 1.93. The Labute approximate surface area is 123 Å². The Morgan fingerprint density at radius 3 is 2.56 bits per heavy atom. The molecule has 2 rings (SSSR count). The Morgan fingerprint density at radius 1 is 1.22 bits per heavy atom. The van der Waals surface area contributed by atoms with Crippen LogP contribution in [0.4, 0.5) is 11.8 Å². The molecular formula is C13H21IN4. The molecule has 100 valence electrons. The van der Waals surface area contributed by atoms with Crippen LogP contribution in [0.5, 0.6) is 0 Å². The molecule has 1 aliphatic rings. The van der Waals surface area contributed by atoms with Gasteiger partial charge < -0.3 is 10.2 Å². The molecule has 0 amide bonds. The molecule has 0 unspecified atom stereocenters. The van der Waals surface area contributed by atoms with Crippen LogP contribution in [0.25, 0.3) is 0 Å². The first-order valence-corrected chi connectivity index (χ1v) is 7.83. The zero-order chi connectivity index (χ0) is 13.0. The van der Waals surface area contributed by atoms with Crippen molar-refractivity contribution in [3.63, 3.8) is 0 Å². The molecule has 1 aromatic rings. The van der Waals surface area contributed by atoms with Gasteiger partial charge in [0, 0.05) is 20.1 Å². The normalized spacial score (nSPS) is 15.8. The van der Waals surface area contributed by atoms with Gasteiger partial charge in [0.1, 0.15) is 5.82 Å². The summed E-state index contributed by atoms with van der Waals surface area (Å²) in [6.07, 6.45) is 5.99. The van der Waals surface area contributed by atoms with Crippen LogP contribution in [0.2, 0.25) is 0 Å². The summed E-state index contributed by atoms with van der Waals surface area (Å²) in [4.78, 5) is 11.7. The van der Waals surface area contributed by atoms with Gasteiger partial charge in [0.2, 0.25) is 5.95 Å². The van der Waals surface area contributed by atoms with Crippen LogP contribution in [0.3, 0.4) is 0 Å². The first kappa shape index (κ1) is 13.8. The lowest BCUT2D eigenvalue weighted by atomic mass is 10.1. The molecule has 0 aromatic carbocycles. The van der Waals surface area contributed by atoms with E-state index >= 15 is 0 Å². The van der Waals surface area contributed by atoms with Gasteiger partial charge in [0.05, 0.1) is 9.26 Å². The number of nitrogens with zero attached hydrogens (tertiary/aromatic N) is 3. The Morgan fingerprint density at radius 2 is 1.94 bits per heavy atom. The molecule has 2 heterocycles. The van der Waals surface area contributed by atoms with E-state index in [0.717, 1.165) is 41.3 Å². The molecule has 5 heteroatoms. The van der Waals surface area contributed by atoms with E-state index in [1.165, 1.54) is 25.0 Å². The maximum absolute atomic E-state index is 4.76. The summed E-state index contributed by atoms with van der Waals surface area (Å²) >= 11 is 2.35. The van der Waals surface area contributed by atoms with E-state index in [1.54, 1.807) is 0 Å². The lowest BCUT2D eigenvalue weighted by Crippen LogP contribution is -2.31. The second kappa shape index (κ2) is 6.54. The van der Waals surface area contributed by atoms with Gasteiger partial charge in [-0.3, -0.25) is 0 Å². The summed E-state index contributed by atoms with van der Waals surface area (Å²) < 4.78 is 1.16. The first-order chi connectivity index (χ1) is 8.76. The van der Waals surface area contributed by atoms with Crippen LogP contribution in [-0.4, -0.2) is 30.1 Å². The third kappa shape index (κ3) is 3.05. The van der Waals surface area contributed by atoms with Gasteiger partial charge in [-0.05, 0) is 48.3 Å². The van der Waals surface area contributed by atoms with Crippen LogP contribution in [0, 0.1) is 3.57 Å². The predicted octanol–water partition coefficient (Wildman–Crippen LogP) is 3.07. The second-order valence-corrected chi connectivity index (χ2v) is 5.76. The molecule has 0 radical (unpaired) electrons. The van der Waals surface area contributed by atoms with E-state index in [-0.39, 0.29) is 0 Å². The van der Waals surface area contributed by atoms with Crippen molar-refractivity contribution < 1.29 is 0 Å². The fraction of sp³-hybridized carbons (Fsp3) is 0.692. The molecule has 0 atom stereocenters. The van der Waals surface area contributed by atoms with E-state index in [1.807, 2.05) is 7.05 Å². The Balaban J connectivity index is 2.31. The zero-order valence-electron chi connectivity index (χ0n) is 11.2. The molecule has 0 bridgehead atoms. The summed E-state index contributed by atoms with van der Waals surface area (Å²) in [5.74, 6) is 1.87. The molecule has 1 N–H and O–H groups in total. The average molecular weight is 360 g/mol. The molecule has 4 nitrogen and oxygen atoms in total. The van der Waals surface area contributed by atoms with Crippen LogP contribution < -0.4 is 10.2 Å². The molecule has 1 fully saturated rings. The number of aryl methyl sites for hydroxylation is 1. The van der Waals surface area contributed by atoms with Crippen molar-refractivity contribution >= 4 is 34.4 Å². The Hall–Kier alpha value is -0.590. The fourth-order valence-corrected chi connectivity index (χ4v) is 3.06. The number of rotatable bonds is 4. The first-order valence-electron chi connectivity index (χ1n) is 6.75. The van der Waals surface area contributed by atoms with Gasteiger partial charge in [-0.2, -0.15) is 4.98 Å². The smallest absolute Gasteiger partial charge is 0.227 e. The lowest BCUT2D eigenvalue weighted by molar-refractivity contribution is 0.567. The Kier molecular flexibility index (Phi) is 5.03. The summed E-state index contributed by atoms with van der Waals surface area (Å²) in [6.45, 7) is 4.38. The van der Waals surface area contributed by atoms with E-state index in [9.17, 15) is 0 Å². The highest BCUT2D eigenvalue weighted by Gasteiger charge is 2.17. The van der Waals surface area contributed by atoms with Crippen molar-refractivity contribution in [1.29, 1.82) is 0 Å². The third-order valence-corrected chi connectivity index (χ3v) is 4.40. The molecule has 0 aliphatic carbocycles. The quantitative estimate of drug-likeness (QED) is 0.838. The molecule has 1 aromatic heterocycles. The van der Waals surface area contributed by atoms with Gasteiger partial charge in [-0.25, -0.2) is 4.98 Å². The van der Waals surface area contributed by atoms with E-state index in [4.69, 9.17) is 4.98 Å². The van der Waals surface area contributed by atoms with Crippen molar-refractivity contribution in [3.8, 4) is 0 Å². The number of piperidine rings is 1. The summed E-state index contributed by atoms with van der Waals surface area (Å²) in [5.41, 5.74) is 1.18. The van der Waals surface area contributed by atoms with Crippen molar-refractivity contribution in [3.05, 3.63) is 9.26 Å². The number of hydrogen-bond acceptors (Lipinski definition) is 4. The minimum atomic E-state index is 0.905. The van der Waals surface area contributed by atoms with Crippen molar-refractivity contribution in [2.75, 3.05) is 30.4 Å². The monoisotopic (exact) mass is 360 g/mol. The fourth-order valence-electron chi connectivity index (χ4n) is 2.28. The second-order valence-electron chi connectivity index (χ2n) is 4.68. The maximum Gasteiger partial charge on any atom is 0.227 e. The molecular weight excluding hydrogens is 339 g/mol. The summed E-state index contributed by atoms with van der Waals surface area (Å²) in [5, 5.41) is 3.19. The number of nitrogens with one attached hydrogen (secondary N) is 1. The van der Waals surface area contributed by atoms with Crippen LogP contribution in [0.1, 0.15) is 38.3 Å². The number of halogens is 1. The van der Waals surface area contributed by atoms with E-state index in [0.29, 0.717) is 0 Å². The molecule has 0 spiro atoms. The predicted molar refractivity (Wildman–Crippen MR) is 84.4 cm³/mol. The molecule has 18 heavy (non-hydrogen) atoms. The van der Waals surface area contributed by atoms with Gasteiger partial charge in [0.15, 0.2) is 0 Å². The molecule has 1 aliphatic heterocycles. The number of anilines is 2. The summed E-state index contributed by atoms with van der Waals surface area (Å²) in [6, 6.07) is 0. The highest BCUT2D eigenvalue weighted by molar-refractivity contribution is 14.1. The SMILES string of the molecule is CCCc1nc(N2CCCCC2)nc(NC)c1I. The van der Waals surface area contributed by atoms with E-state index in [2.05, 4.69) is 44.7 Å². The minimum Gasteiger partial charge on any atom is -0.372 e. The number of hydrogen-bond donors (Lipinski definition) is 1. The van der Waals surface area contributed by atoms with Crippen LogP contribution in [0.15, 0.2) is 0 Å². The standard InChI is InChI=1S/C13H21IN4/c1-3-7-10-11(14)12(15-2)17-13(16-10)18-8-5-4-6-9-18/h3-9H2,1-2H3,(H,15,16,17). The lowest BCUT2D eigenvalue weighted by Gasteiger charge is -2.27. The number of aromatic nitrogens is 2. The van der Waals surface area contributed by atoms with Crippen molar-refractivity contribution in [2.24, 2.45) is 0 Å². The minimum absolute atomic E-state index is 0.905. The van der Waals surface area contributed by atoms with Crippen LogP contribution in [-0.2, 0) is 6.42 Å². The maximum atomic E-state index is 4.76. The largest absolute Gasteiger partial charge is 0.372 e. The Bertz CT molecular complexity index is 402.